The van der Waals surface area contributed by atoms with E-state index in [1.54, 1.807) is 0 Å². The molecule has 0 aromatic heterocycles. The molecule has 1 aromatic rings. The summed E-state index contributed by atoms with van der Waals surface area (Å²) in [6.45, 7) is 6.61. The number of fused-ring (bicyclic) bond motifs is 1. The molecule has 1 heterocycles. The van der Waals surface area contributed by atoms with Crippen molar-refractivity contribution in [3.05, 3.63) is 29.8 Å². The van der Waals surface area contributed by atoms with Crippen LogP contribution in [-0.4, -0.2) is 13.0 Å². The van der Waals surface area contributed by atoms with Gasteiger partial charge in [-0.15, -0.1) is 0 Å². The van der Waals surface area contributed by atoms with Gasteiger partial charge >= 0.3 is 0 Å². The van der Waals surface area contributed by atoms with Gasteiger partial charge < -0.3 is 4.90 Å². The highest BCUT2D eigenvalue weighted by atomic mass is 16.2. The first-order chi connectivity index (χ1) is 9.54. The van der Waals surface area contributed by atoms with E-state index < -0.39 is 0 Å². The van der Waals surface area contributed by atoms with Gasteiger partial charge in [0.25, 0.3) is 0 Å². The lowest BCUT2D eigenvalue weighted by Gasteiger charge is -2.28. The van der Waals surface area contributed by atoms with Crippen molar-refractivity contribution in [3.8, 4) is 0 Å². The van der Waals surface area contributed by atoms with Crippen molar-refractivity contribution >= 4 is 11.6 Å². The number of unbranched alkanes of at least 4 members (excludes halogenated alkanes) is 1. The van der Waals surface area contributed by atoms with Crippen LogP contribution in [0.25, 0.3) is 0 Å². The maximum absolute atomic E-state index is 12.7. The average Bonchev–Trinajstić information content (AvgIpc) is 2.66. The zero-order chi connectivity index (χ0) is 14.8. The Balaban J connectivity index is 2.27. The molecule has 0 saturated carbocycles. The Bertz CT molecular complexity index is 482. The second kappa shape index (κ2) is 5.99. The molecule has 0 saturated heterocycles. The Morgan fingerprint density at radius 3 is 2.60 bits per heavy atom. The monoisotopic (exact) mass is 273 g/mol. The number of benzene rings is 1. The zero-order valence-corrected chi connectivity index (χ0v) is 13.3. The second-order valence-corrected chi connectivity index (χ2v) is 6.33. The highest BCUT2D eigenvalue weighted by Gasteiger charge is 2.46. The molecule has 2 atom stereocenters. The molecule has 0 bridgehead atoms. The average molecular weight is 273 g/mol. The van der Waals surface area contributed by atoms with Crippen LogP contribution in [0.1, 0.15) is 58.4 Å². The van der Waals surface area contributed by atoms with Gasteiger partial charge in [0.05, 0.1) is 5.41 Å². The van der Waals surface area contributed by atoms with Crippen molar-refractivity contribution in [1.82, 2.24) is 0 Å². The van der Waals surface area contributed by atoms with Crippen molar-refractivity contribution in [2.75, 3.05) is 11.9 Å². The van der Waals surface area contributed by atoms with Crippen LogP contribution in [-0.2, 0) is 10.2 Å². The predicted octanol–water partition coefficient (Wildman–Crippen LogP) is 4.53. The highest BCUT2D eigenvalue weighted by Crippen LogP contribution is 2.45. The largest absolute Gasteiger partial charge is 0.314 e. The van der Waals surface area contributed by atoms with E-state index >= 15 is 0 Å². The van der Waals surface area contributed by atoms with E-state index in [1.807, 2.05) is 18.0 Å². The van der Waals surface area contributed by atoms with Crippen LogP contribution >= 0.6 is 0 Å². The number of para-hydroxylation sites is 1. The Kier molecular flexibility index (Phi) is 4.52. The zero-order valence-electron chi connectivity index (χ0n) is 13.3. The van der Waals surface area contributed by atoms with Crippen LogP contribution in [0.2, 0.25) is 0 Å². The third-order valence-electron chi connectivity index (χ3n) is 4.88. The molecule has 0 fully saturated rings. The molecule has 20 heavy (non-hydrogen) atoms. The molecule has 1 aliphatic rings. The van der Waals surface area contributed by atoms with E-state index in [1.165, 1.54) is 24.8 Å². The smallest absolute Gasteiger partial charge is 0.237 e. The summed E-state index contributed by atoms with van der Waals surface area (Å²) < 4.78 is 0. The van der Waals surface area contributed by atoms with Gasteiger partial charge in [-0.2, -0.15) is 0 Å². The van der Waals surface area contributed by atoms with Crippen molar-refractivity contribution < 1.29 is 4.79 Å². The molecule has 0 N–H and O–H groups in total. The second-order valence-electron chi connectivity index (χ2n) is 6.33. The topological polar surface area (TPSA) is 20.3 Å². The molecular formula is C18H27NO. The van der Waals surface area contributed by atoms with Crippen molar-refractivity contribution in [3.63, 3.8) is 0 Å². The lowest BCUT2D eigenvalue weighted by atomic mass is 9.74. The summed E-state index contributed by atoms with van der Waals surface area (Å²) in [6, 6.07) is 8.26. The Morgan fingerprint density at radius 2 is 1.95 bits per heavy atom. The summed E-state index contributed by atoms with van der Waals surface area (Å²) in [6.07, 6.45) is 5.87. The van der Waals surface area contributed by atoms with E-state index in [4.69, 9.17) is 0 Å². The first-order valence-corrected chi connectivity index (χ1v) is 7.92. The summed E-state index contributed by atoms with van der Waals surface area (Å²) in [4.78, 5) is 14.6. The summed E-state index contributed by atoms with van der Waals surface area (Å²) in [5, 5.41) is 0. The summed E-state index contributed by atoms with van der Waals surface area (Å²) in [7, 11) is 1.90. The van der Waals surface area contributed by atoms with E-state index in [-0.39, 0.29) is 11.3 Å². The third kappa shape index (κ3) is 2.48. The lowest BCUT2D eigenvalue weighted by Crippen LogP contribution is -2.37. The third-order valence-corrected chi connectivity index (χ3v) is 4.88. The number of carbonyl (C=O) groups excluding carboxylic acids is 1. The van der Waals surface area contributed by atoms with Crippen LogP contribution in [0, 0.1) is 5.92 Å². The van der Waals surface area contributed by atoms with Crippen molar-refractivity contribution in [1.29, 1.82) is 0 Å². The summed E-state index contributed by atoms with van der Waals surface area (Å²) in [5.74, 6) is 0.900. The molecule has 0 aliphatic carbocycles. The Hall–Kier alpha value is -1.31. The van der Waals surface area contributed by atoms with Gasteiger partial charge in [-0.1, -0.05) is 57.7 Å². The number of rotatable bonds is 6. The first-order valence-electron chi connectivity index (χ1n) is 7.92. The fourth-order valence-electron chi connectivity index (χ4n) is 3.55. The summed E-state index contributed by atoms with van der Waals surface area (Å²) in [5.41, 5.74) is 1.97. The molecule has 2 heteroatoms. The van der Waals surface area contributed by atoms with Gasteiger partial charge in [0, 0.05) is 12.7 Å². The number of amides is 1. The van der Waals surface area contributed by atoms with Crippen LogP contribution < -0.4 is 4.90 Å². The normalized spacial score (nSPS) is 23.0. The molecule has 2 rings (SSSR count). The number of anilines is 1. The fourth-order valence-corrected chi connectivity index (χ4v) is 3.55. The molecule has 0 spiro atoms. The molecule has 0 radical (unpaired) electrons. The molecule has 110 valence electrons. The van der Waals surface area contributed by atoms with Crippen LogP contribution in [0.15, 0.2) is 24.3 Å². The van der Waals surface area contributed by atoms with Gasteiger partial charge in [0.2, 0.25) is 5.91 Å². The fraction of sp³-hybridized carbons (Fsp3) is 0.611. The van der Waals surface area contributed by atoms with E-state index in [2.05, 4.69) is 39.0 Å². The first kappa shape index (κ1) is 15.1. The van der Waals surface area contributed by atoms with E-state index in [0.717, 1.165) is 18.5 Å². The Labute approximate surface area is 123 Å². The van der Waals surface area contributed by atoms with Gasteiger partial charge in [-0.3, -0.25) is 4.79 Å². The van der Waals surface area contributed by atoms with E-state index in [0.29, 0.717) is 5.92 Å². The van der Waals surface area contributed by atoms with Crippen molar-refractivity contribution in [2.24, 2.45) is 5.92 Å². The SMILES string of the molecule is CCCCC(CC)CC1(C)C(=O)N(C)c2ccccc21. The molecule has 2 unspecified atom stereocenters. The number of nitrogens with zero attached hydrogens (tertiary/aromatic N) is 1. The molecular weight excluding hydrogens is 246 g/mol. The number of hydrogen-bond donors (Lipinski definition) is 0. The standard InChI is InChI=1S/C18H27NO/c1-5-7-10-14(6-2)13-18(3)15-11-8-9-12-16(15)19(4)17(18)20/h8-9,11-12,14H,5-7,10,13H2,1-4H3. The maximum atomic E-state index is 12.7. The summed E-state index contributed by atoms with van der Waals surface area (Å²) >= 11 is 0. The minimum Gasteiger partial charge on any atom is -0.314 e. The minimum atomic E-state index is -0.334. The number of carbonyl (C=O) groups is 1. The van der Waals surface area contributed by atoms with E-state index in [9.17, 15) is 4.79 Å². The number of hydrogen-bond acceptors (Lipinski definition) is 1. The van der Waals surface area contributed by atoms with Crippen LogP contribution in [0.4, 0.5) is 5.69 Å². The Morgan fingerprint density at radius 1 is 1.25 bits per heavy atom. The lowest BCUT2D eigenvalue weighted by molar-refractivity contribution is -0.123. The van der Waals surface area contributed by atoms with Gasteiger partial charge in [-0.05, 0) is 30.9 Å². The molecule has 1 aromatic carbocycles. The van der Waals surface area contributed by atoms with Gasteiger partial charge in [0.15, 0.2) is 0 Å². The van der Waals surface area contributed by atoms with Crippen LogP contribution in [0.3, 0.4) is 0 Å². The maximum Gasteiger partial charge on any atom is 0.237 e. The van der Waals surface area contributed by atoms with Gasteiger partial charge in [0.1, 0.15) is 0 Å². The number of likely N-dealkylation sites (N-methyl/N-ethyl adjacent to an activating group) is 1. The van der Waals surface area contributed by atoms with Crippen molar-refractivity contribution in [2.45, 2.75) is 58.3 Å². The highest BCUT2D eigenvalue weighted by molar-refractivity contribution is 6.07. The quantitative estimate of drug-likeness (QED) is 0.746. The predicted molar refractivity (Wildman–Crippen MR) is 85.1 cm³/mol. The molecule has 1 amide bonds. The minimum absolute atomic E-state index is 0.258. The molecule has 2 nitrogen and oxygen atoms in total. The molecule has 1 aliphatic heterocycles. The van der Waals surface area contributed by atoms with Crippen LogP contribution in [0.5, 0.6) is 0 Å². The van der Waals surface area contributed by atoms with Gasteiger partial charge in [-0.25, -0.2) is 0 Å².